The molecular weight excluding hydrogens is 372 g/mol. The van der Waals surface area contributed by atoms with E-state index in [9.17, 15) is 8.42 Å². The quantitative estimate of drug-likeness (QED) is 0.323. The van der Waals surface area contributed by atoms with E-state index in [0.717, 1.165) is 5.75 Å². The fourth-order valence-electron chi connectivity index (χ4n) is 2.03. The average molecular weight is 397 g/mol. The largest absolute Gasteiger partial charge is 0.492 e. The van der Waals surface area contributed by atoms with Gasteiger partial charge in [0.1, 0.15) is 16.6 Å². The van der Waals surface area contributed by atoms with Crippen molar-refractivity contribution in [3.8, 4) is 5.75 Å². The monoisotopic (exact) mass is 396 g/mol. The lowest BCUT2D eigenvalue weighted by molar-refractivity contribution is 0.322. The molecule has 7 nitrogen and oxygen atoms in total. The van der Waals surface area contributed by atoms with E-state index in [2.05, 4.69) is 20.3 Å². The summed E-state index contributed by atoms with van der Waals surface area (Å²) in [6.07, 6.45) is 0. The number of hydrogen-bond acceptors (Lipinski definition) is 5. The maximum Gasteiger partial charge on any atom is 0.250 e. The second-order valence-corrected chi connectivity index (χ2v) is 8.12. The molecule has 3 N–H and O–H groups in total. The van der Waals surface area contributed by atoms with E-state index in [0.29, 0.717) is 36.4 Å². The van der Waals surface area contributed by atoms with Crippen LogP contribution in [0.25, 0.3) is 0 Å². The summed E-state index contributed by atoms with van der Waals surface area (Å²) in [5.41, 5.74) is 0. The molecule has 0 amide bonds. The number of benzene rings is 1. The molecule has 0 aliphatic heterocycles. The third kappa shape index (κ3) is 7.03. The van der Waals surface area contributed by atoms with Crippen LogP contribution < -0.4 is 20.1 Å². The third-order valence-electron chi connectivity index (χ3n) is 3.18. The number of hydrogen-bond donors (Lipinski definition) is 3. The Morgan fingerprint density at radius 2 is 1.92 bits per heavy atom. The van der Waals surface area contributed by atoms with Crippen LogP contribution in [0.2, 0.25) is 0 Å². The summed E-state index contributed by atoms with van der Waals surface area (Å²) in [5.74, 6) is 1.44. The van der Waals surface area contributed by atoms with Crippen LogP contribution in [0.4, 0.5) is 0 Å². The van der Waals surface area contributed by atoms with Crippen LogP contribution in [-0.2, 0) is 10.0 Å². The van der Waals surface area contributed by atoms with Gasteiger partial charge in [0.15, 0.2) is 5.96 Å². The minimum atomic E-state index is -3.44. The number of thiophene rings is 1. The number of nitrogens with one attached hydrogen (secondary N) is 3. The summed E-state index contributed by atoms with van der Waals surface area (Å²) in [6, 6.07) is 12.9. The molecule has 1 aromatic heterocycles. The highest BCUT2D eigenvalue weighted by molar-refractivity contribution is 7.91. The summed E-state index contributed by atoms with van der Waals surface area (Å²) >= 11 is 1.19. The zero-order valence-electron chi connectivity index (χ0n) is 14.6. The highest BCUT2D eigenvalue weighted by atomic mass is 32.2. The van der Waals surface area contributed by atoms with E-state index in [1.807, 2.05) is 37.3 Å². The molecule has 0 radical (unpaired) electrons. The highest BCUT2D eigenvalue weighted by Gasteiger charge is 2.13. The zero-order valence-corrected chi connectivity index (χ0v) is 16.3. The number of guanidine groups is 1. The molecule has 0 fully saturated rings. The standard InChI is InChI=1S/C17H24N4O3S2/c1-2-18-17(20-12-13-24-15-7-4-3-5-8-15)19-10-11-21-26(22,23)16-9-6-14-25-16/h3-9,14,21H,2,10-13H2,1H3,(H2,18,19,20). The molecule has 1 aromatic carbocycles. The zero-order chi connectivity index (χ0) is 18.7. The molecular formula is C17H24N4O3S2. The SMILES string of the molecule is CCNC(=NCCNS(=O)(=O)c1cccs1)NCCOc1ccccc1. The van der Waals surface area contributed by atoms with Crippen molar-refractivity contribution in [2.75, 3.05) is 32.8 Å². The predicted octanol–water partition coefficient (Wildman–Crippen LogP) is 1.66. The van der Waals surface area contributed by atoms with Crippen LogP contribution in [0.3, 0.4) is 0 Å². The molecule has 2 aromatic rings. The van der Waals surface area contributed by atoms with E-state index in [4.69, 9.17) is 4.74 Å². The fraction of sp³-hybridized carbons (Fsp3) is 0.353. The van der Waals surface area contributed by atoms with Crippen molar-refractivity contribution in [1.82, 2.24) is 15.4 Å². The van der Waals surface area contributed by atoms with Crippen LogP contribution in [0.1, 0.15) is 6.92 Å². The Labute approximate surface area is 158 Å². The molecule has 26 heavy (non-hydrogen) atoms. The highest BCUT2D eigenvalue weighted by Crippen LogP contribution is 2.14. The molecule has 0 saturated carbocycles. The van der Waals surface area contributed by atoms with Crippen molar-refractivity contribution in [2.45, 2.75) is 11.1 Å². The van der Waals surface area contributed by atoms with E-state index in [-0.39, 0.29) is 6.54 Å². The number of ether oxygens (including phenoxy) is 1. The van der Waals surface area contributed by atoms with E-state index < -0.39 is 10.0 Å². The van der Waals surface area contributed by atoms with Crippen LogP contribution in [0.5, 0.6) is 5.75 Å². The van der Waals surface area contributed by atoms with Gasteiger partial charge in [0.25, 0.3) is 0 Å². The molecule has 0 bridgehead atoms. The number of sulfonamides is 1. The Morgan fingerprint density at radius 1 is 1.12 bits per heavy atom. The molecule has 1 heterocycles. The van der Waals surface area contributed by atoms with Gasteiger partial charge in [-0.1, -0.05) is 24.3 Å². The Hall–Kier alpha value is -2.10. The molecule has 0 unspecified atom stereocenters. The van der Waals surface area contributed by atoms with Crippen LogP contribution >= 0.6 is 11.3 Å². The number of para-hydroxylation sites is 1. The Morgan fingerprint density at radius 3 is 2.62 bits per heavy atom. The maximum absolute atomic E-state index is 12.0. The molecule has 0 saturated heterocycles. The molecule has 0 atom stereocenters. The summed E-state index contributed by atoms with van der Waals surface area (Å²) in [4.78, 5) is 4.36. The lowest BCUT2D eigenvalue weighted by Crippen LogP contribution is -2.40. The molecule has 142 valence electrons. The fourth-order valence-corrected chi connectivity index (χ4v) is 4.09. The first kappa shape index (κ1) is 20.2. The van der Waals surface area contributed by atoms with E-state index in [1.165, 1.54) is 11.3 Å². The smallest absolute Gasteiger partial charge is 0.250 e. The van der Waals surface area contributed by atoms with Gasteiger partial charge in [0, 0.05) is 13.1 Å². The summed E-state index contributed by atoms with van der Waals surface area (Å²) in [5, 5.41) is 8.00. The Bertz CT molecular complexity index is 763. The average Bonchev–Trinajstić information content (AvgIpc) is 3.19. The van der Waals surface area contributed by atoms with Gasteiger partial charge in [0.2, 0.25) is 10.0 Å². The normalized spacial score (nSPS) is 12.0. The van der Waals surface area contributed by atoms with Crippen molar-refractivity contribution in [3.05, 3.63) is 47.8 Å². The third-order valence-corrected chi connectivity index (χ3v) is 6.04. The number of rotatable bonds is 10. The van der Waals surface area contributed by atoms with Gasteiger partial charge in [-0.3, -0.25) is 4.99 Å². The van der Waals surface area contributed by atoms with Gasteiger partial charge in [-0.05, 0) is 30.5 Å². The number of aliphatic imine (C=N–C) groups is 1. The van der Waals surface area contributed by atoms with Gasteiger partial charge >= 0.3 is 0 Å². The first-order valence-electron chi connectivity index (χ1n) is 8.35. The first-order chi connectivity index (χ1) is 12.6. The molecule has 0 aliphatic carbocycles. The summed E-state index contributed by atoms with van der Waals surface area (Å²) in [7, 11) is -3.44. The Kier molecular flexibility index (Phi) is 8.39. The molecule has 0 spiro atoms. The van der Waals surface area contributed by atoms with Gasteiger partial charge in [-0.2, -0.15) is 0 Å². The first-order valence-corrected chi connectivity index (χ1v) is 10.7. The maximum atomic E-state index is 12.0. The molecule has 0 aliphatic rings. The van der Waals surface area contributed by atoms with Crippen LogP contribution in [-0.4, -0.2) is 47.2 Å². The lowest BCUT2D eigenvalue weighted by atomic mass is 10.3. The summed E-state index contributed by atoms with van der Waals surface area (Å²) in [6.45, 7) is 4.33. The minimum Gasteiger partial charge on any atom is -0.492 e. The second kappa shape index (κ2) is 10.8. The minimum absolute atomic E-state index is 0.233. The van der Waals surface area contributed by atoms with Crippen LogP contribution in [0.15, 0.2) is 57.0 Å². The predicted molar refractivity (Wildman–Crippen MR) is 105 cm³/mol. The molecule has 9 heteroatoms. The topological polar surface area (TPSA) is 91.8 Å². The van der Waals surface area contributed by atoms with Crippen molar-refractivity contribution in [3.63, 3.8) is 0 Å². The van der Waals surface area contributed by atoms with Gasteiger partial charge < -0.3 is 15.4 Å². The van der Waals surface area contributed by atoms with Gasteiger partial charge in [-0.25, -0.2) is 13.1 Å². The van der Waals surface area contributed by atoms with Gasteiger partial charge in [-0.15, -0.1) is 11.3 Å². The second-order valence-electron chi connectivity index (χ2n) is 5.18. The molecule has 2 rings (SSSR count). The van der Waals surface area contributed by atoms with Crippen molar-refractivity contribution in [1.29, 1.82) is 0 Å². The van der Waals surface area contributed by atoms with Crippen molar-refractivity contribution in [2.24, 2.45) is 4.99 Å². The number of nitrogens with zero attached hydrogens (tertiary/aromatic N) is 1. The van der Waals surface area contributed by atoms with Crippen LogP contribution in [0, 0.1) is 0 Å². The van der Waals surface area contributed by atoms with Crippen molar-refractivity contribution >= 4 is 27.3 Å². The van der Waals surface area contributed by atoms with Crippen molar-refractivity contribution < 1.29 is 13.2 Å². The Balaban J connectivity index is 1.72. The lowest BCUT2D eigenvalue weighted by Gasteiger charge is -2.12. The van der Waals surface area contributed by atoms with Gasteiger partial charge in [0.05, 0.1) is 13.1 Å². The van der Waals surface area contributed by atoms with E-state index in [1.54, 1.807) is 17.5 Å². The van der Waals surface area contributed by atoms with E-state index >= 15 is 0 Å². The summed E-state index contributed by atoms with van der Waals surface area (Å²) < 4.78 is 32.5.